The summed E-state index contributed by atoms with van der Waals surface area (Å²) in [5, 5.41) is 4.97. The summed E-state index contributed by atoms with van der Waals surface area (Å²) in [6, 6.07) is 3.38. The van der Waals surface area contributed by atoms with E-state index in [2.05, 4.69) is 15.3 Å². The van der Waals surface area contributed by atoms with Crippen molar-refractivity contribution in [3.05, 3.63) is 46.8 Å². The predicted octanol–water partition coefficient (Wildman–Crippen LogP) is 3.10. The second kappa shape index (κ2) is 6.17. The Morgan fingerprint density at radius 1 is 1.50 bits per heavy atom. The summed E-state index contributed by atoms with van der Waals surface area (Å²) in [7, 11) is 1.53. The van der Waals surface area contributed by atoms with Crippen LogP contribution in [0.2, 0.25) is 5.15 Å². The third-order valence-electron chi connectivity index (χ3n) is 2.86. The number of anilines is 1. The number of nitrogens with zero attached hydrogens (tertiary/aromatic N) is 3. The molecule has 1 N–H and O–H groups in total. The molecule has 3 heterocycles. The highest BCUT2D eigenvalue weighted by Gasteiger charge is 2.08. The number of amides is 1. The summed E-state index contributed by atoms with van der Waals surface area (Å²) in [5.41, 5.74) is 1.25. The van der Waals surface area contributed by atoms with Crippen LogP contribution in [-0.4, -0.2) is 27.4 Å². The Labute approximate surface area is 135 Å². The van der Waals surface area contributed by atoms with Crippen LogP contribution in [0.1, 0.15) is 5.69 Å². The van der Waals surface area contributed by atoms with Crippen LogP contribution in [-0.2, 0) is 4.79 Å². The lowest BCUT2D eigenvalue weighted by atomic mass is 10.3. The zero-order valence-electron chi connectivity index (χ0n) is 11.5. The quantitative estimate of drug-likeness (QED) is 0.744. The summed E-state index contributed by atoms with van der Waals surface area (Å²) in [6.07, 6.45) is 6.40. The fourth-order valence-electron chi connectivity index (χ4n) is 1.84. The number of ether oxygens (including phenoxy) is 1. The smallest absolute Gasteiger partial charge is 0.248 e. The minimum absolute atomic E-state index is 0.284. The second-order valence-electron chi connectivity index (χ2n) is 4.26. The van der Waals surface area contributed by atoms with Crippen LogP contribution >= 0.6 is 22.9 Å². The minimum atomic E-state index is -0.284. The zero-order chi connectivity index (χ0) is 15.5. The van der Waals surface area contributed by atoms with Crippen molar-refractivity contribution in [2.45, 2.75) is 0 Å². The van der Waals surface area contributed by atoms with E-state index in [4.69, 9.17) is 16.3 Å². The summed E-state index contributed by atoms with van der Waals surface area (Å²) in [4.78, 5) is 20.9. The van der Waals surface area contributed by atoms with Gasteiger partial charge < -0.3 is 10.1 Å². The lowest BCUT2D eigenvalue weighted by Crippen LogP contribution is -2.08. The number of nitrogens with one attached hydrogen (secondary N) is 1. The van der Waals surface area contributed by atoms with Crippen molar-refractivity contribution in [2.75, 3.05) is 12.4 Å². The maximum absolute atomic E-state index is 11.9. The Balaban J connectivity index is 1.73. The van der Waals surface area contributed by atoms with Gasteiger partial charge >= 0.3 is 0 Å². The van der Waals surface area contributed by atoms with Gasteiger partial charge in [-0.3, -0.25) is 9.20 Å². The highest BCUT2D eigenvalue weighted by Crippen LogP contribution is 2.22. The van der Waals surface area contributed by atoms with Crippen molar-refractivity contribution in [3.8, 4) is 5.88 Å². The molecular weight excluding hydrogens is 324 g/mol. The standard InChI is InChI=1S/C14H11ClN4O2S/c1-21-12-5-2-9(8-16-12)17-11(20)4-3-10-13(15)18-14-19(10)6-7-22-14/h2-8H,1H3,(H,17,20)/b4-3+. The molecule has 0 unspecified atom stereocenters. The number of fused-ring (bicyclic) bond motifs is 1. The predicted molar refractivity (Wildman–Crippen MR) is 86.5 cm³/mol. The zero-order valence-corrected chi connectivity index (χ0v) is 13.1. The van der Waals surface area contributed by atoms with Gasteiger partial charge in [-0.05, 0) is 12.1 Å². The van der Waals surface area contributed by atoms with E-state index < -0.39 is 0 Å². The normalized spacial score (nSPS) is 11.2. The number of methoxy groups -OCH3 is 1. The van der Waals surface area contributed by atoms with Crippen LogP contribution in [0.4, 0.5) is 5.69 Å². The second-order valence-corrected chi connectivity index (χ2v) is 5.49. The molecule has 3 aromatic heterocycles. The van der Waals surface area contributed by atoms with Crippen LogP contribution in [0.5, 0.6) is 5.88 Å². The van der Waals surface area contributed by atoms with Gasteiger partial charge in [0.25, 0.3) is 0 Å². The molecule has 3 rings (SSSR count). The number of hydrogen-bond donors (Lipinski definition) is 1. The number of imidazole rings is 1. The third-order valence-corrected chi connectivity index (χ3v) is 3.89. The first-order valence-corrected chi connectivity index (χ1v) is 7.53. The fourth-order valence-corrected chi connectivity index (χ4v) is 2.84. The summed E-state index contributed by atoms with van der Waals surface area (Å²) >= 11 is 7.53. The average Bonchev–Trinajstić information content (AvgIpc) is 3.07. The molecule has 0 aliphatic carbocycles. The molecule has 1 amide bonds. The van der Waals surface area contributed by atoms with E-state index >= 15 is 0 Å². The monoisotopic (exact) mass is 334 g/mol. The number of halogens is 1. The van der Waals surface area contributed by atoms with Gasteiger partial charge in [-0.25, -0.2) is 9.97 Å². The molecule has 0 spiro atoms. The molecule has 0 bridgehead atoms. The van der Waals surface area contributed by atoms with Gasteiger partial charge in [0.1, 0.15) is 0 Å². The van der Waals surface area contributed by atoms with Gasteiger partial charge in [0.15, 0.2) is 10.1 Å². The van der Waals surface area contributed by atoms with Gasteiger partial charge in [-0.1, -0.05) is 11.6 Å². The fraction of sp³-hybridized carbons (Fsp3) is 0.0714. The summed E-state index contributed by atoms with van der Waals surface area (Å²) in [5.74, 6) is 0.202. The molecule has 0 saturated heterocycles. The van der Waals surface area contributed by atoms with E-state index in [1.807, 2.05) is 16.0 Å². The van der Waals surface area contributed by atoms with Crippen molar-refractivity contribution in [3.63, 3.8) is 0 Å². The number of hydrogen-bond acceptors (Lipinski definition) is 5. The summed E-state index contributed by atoms with van der Waals surface area (Å²) < 4.78 is 6.78. The van der Waals surface area contributed by atoms with Crippen molar-refractivity contribution >= 4 is 45.6 Å². The molecule has 0 aliphatic heterocycles. The minimum Gasteiger partial charge on any atom is -0.481 e. The van der Waals surface area contributed by atoms with Crippen LogP contribution < -0.4 is 10.1 Å². The Bertz CT molecular complexity index is 838. The molecule has 3 aromatic rings. The van der Waals surface area contributed by atoms with E-state index in [0.717, 1.165) is 4.96 Å². The van der Waals surface area contributed by atoms with Crippen molar-refractivity contribution in [2.24, 2.45) is 0 Å². The number of pyridine rings is 1. The van der Waals surface area contributed by atoms with E-state index in [-0.39, 0.29) is 5.91 Å². The Morgan fingerprint density at radius 2 is 2.36 bits per heavy atom. The number of carbonyl (C=O) groups excluding carboxylic acids is 1. The number of aromatic nitrogens is 3. The number of carbonyl (C=O) groups is 1. The Hall–Kier alpha value is -2.38. The topological polar surface area (TPSA) is 68.5 Å². The van der Waals surface area contributed by atoms with Crippen LogP contribution in [0.25, 0.3) is 11.0 Å². The molecule has 0 radical (unpaired) electrons. The molecule has 112 valence electrons. The van der Waals surface area contributed by atoms with E-state index in [0.29, 0.717) is 22.4 Å². The largest absolute Gasteiger partial charge is 0.481 e. The SMILES string of the molecule is COc1ccc(NC(=O)/C=C/c2c(Cl)nc3sccn23)cn1. The van der Waals surface area contributed by atoms with Crippen molar-refractivity contribution in [1.29, 1.82) is 0 Å². The third kappa shape index (κ3) is 2.95. The van der Waals surface area contributed by atoms with E-state index in [1.54, 1.807) is 18.2 Å². The average molecular weight is 335 g/mol. The maximum Gasteiger partial charge on any atom is 0.248 e. The van der Waals surface area contributed by atoms with E-state index in [1.165, 1.54) is 30.7 Å². The van der Waals surface area contributed by atoms with Gasteiger partial charge in [0.05, 0.1) is 24.7 Å². The van der Waals surface area contributed by atoms with Crippen molar-refractivity contribution in [1.82, 2.24) is 14.4 Å². The van der Waals surface area contributed by atoms with Crippen LogP contribution in [0.15, 0.2) is 36.0 Å². The highest BCUT2D eigenvalue weighted by atomic mass is 35.5. The number of rotatable bonds is 4. The molecule has 6 nitrogen and oxygen atoms in total. The van der Waals surface area contributed by atoms with Gasteiger partial charge in [-0.2, -0.15) is 0 Å². The molecule has 0 fully saturated rings. The van der Waals surface area contributed by atoms with Gasteiger partial charge in [-0.15, -0.1) is 11.3 Å². The first kappa shape index (κ1) is 14.6. The molecule has 0 atom stereocenters. The Kier molecular flexibility index (Phi) is 4.08. The van der Waals surface area contributed by atoms with Crippen molar-refractivity contribution < 1.29 is 9.53 Å². The Morgan fingerprint density at radius 3 is 3.09 bits per heavy atom. The van der Waals surface area contributed by atoms with Gasteiger partial charge in [0, 0.05) is 23.7 Å². The molecular formula is C14H11ClN4O2S. The lowest BCUT2D eigenvalue weighted by molar-refractivity contribution is -0.111. The maximum atomic E-state index is 11.9. The molecule has 8 heteroatoms. The van der Waals surface area contributed by atoms with Crippen LogP contribution in [0, 0.1) is 0 Å². The lowest BCUT2D eigenvalue weighted by Gasteiger charge is -2.02. The first-order chi connectivity index (χ1) is 10.7. The van der Waals surface area contributed by atoms with Gasteiger partial charge in [0.2, 0.25) is 11.8 Å². The molecule has 0 saturated carbocycles. The molecule has 0 aromatic carbocycles. The van der Waals surface area contributed by atoms with E-state index in [9.17, 15) is 4.79 Å². The molecule has 0 aliphatic rings. The first-order valence-electron chi connectivity index (χ1n) is 6.27. The van der Waals surface area contributed by atoms with Crippen LogP contribution in [0.3, 0.4) is 0 Å². The summed E-state index contributed by atoms with van der Waals surface area (Å²) in [6.45, 7) is 0. The number of thiazole rings is 1. The molecule has 22 heavy (non-hydrogen) atoms. The highest BCUT2D eigenvalue weighted by molar-refractivity contribution is 7.15.